The van der Waals surface area contributed by atoms with Crippen LogP contribution in [0.4, 0.5) is 60.5 Å². The standard InChI is InChI=1S/C17H23FN2OSSi.C14H15FN2OS.C13H15N3O2.C12H13FN2OS.C10H7FN2.C8H4FNO.C7H3BrFN.C5H9Si.C5H12.C3H7.BrH.3ClH.Li.2Mg.H2O/c1-17(2,3)22(21)20-14(11-12-23(5,6)7)13-9-8-10-15(19-4)16(13)18;1-6-11(17-19(18)14(2,3)4)10-8-7-9-12(16-5)13(10)15;1-7-11-9(14-8(2)15-12(11)18)6-10(17)16(7)13(3)4-5-13;1-12(2,3)17(16)15-8-9-6-5-7-10(14-4)11(9)13;1-3-8(12)7-5-4-6-9(13-2)10(7)11;1-10-7-4-2-3-6(5-11)8(7)9;1-10-6-4-2-3-5(8)7(6)9;1-5-6(2,3)4;1-5(2,3)4;1-3-2;;;;;;;;/h8-10,14,20H,1-3,5-7H3;1,7-9,11,17H,2-4H3;6H,4-5H2,1-3H3,(H,14,15,18);5-8H,1-3H3;1,4-6,8H,12H2;2-5H;2-4H;2-4H3;1-4H3;3H,1-2H3;4*1H;;;;1H2/q;;;;;;;-1;;-1;;;;;+1;2*+2;/p-3/t14-,22+;11-,19+;;17-;8-;;;;;;;;;;;;;/m11.01............./s1. The number of nitrogens with two attached hydrogens (primary N) is 1. The van der Waals surface area contributed by atoms with Crippen molar-refractivity contribution in [1.82, 2.24) is 24.0 Å². The number of H-pyrrole nitrogens is 1. The van der Waals surface area contributed by atoms with Gasteiger partial charge in [0, 0.05) is 55.8 Å². The van der Waals surface area contributed by atoms with Crippen LogP contribution in [0.2, 0.25) is 39.3 Å². The van der Waals surface area contributed by atoms with Crippen LogP contribution in [0.15, 0.2) is 134 Å². The molecule has 6 aromatic carbocycles. The number of terminal acetylenes is 2. The van der Waals surface area contributed by atoms with Gasteiger partial charge in [-0.3, -0.25) is 14.4 Å². The predicted molar refractivity (Wildman–Crippen MR) is 530 cm³/mol. The van der Waals surface area contributed by atoms with Crippen molar-refractivity contribution in [2.24, 2.45) is 15.5 Å². The number of nitrogens with one attached hydrogen (secondary N) is 3. The van der Waals surface area contributed by atoms with E-state index >= 15 is 0 Å². The molecule has 0 radical (unpaired) electrons. The number of aromatic amines is 1. The molecule has 1 saturated carbocycles. The minimum Gasteiger partial charge on any atom is -1.00 e. The SMILES string of the molecule is CC(C)(C)C.C[CH-]C.Cc1nc2cc(=O)n(C3(C)CC3)c(C)c2c(=O)[nH]1.Cl.O.[Br-].[C-]#C[Si](C)(C)C.[C-]#[N+]c1cccc(Br)c1F.[C-]#[N+]c1cccc(C=N[S@@](=O)C(C)(C)C)c1F.[C-]#[N+]c1cccc(C=O)c1F.[C-]#[N+]c1cccc([C@@H](C#C)N[S@@](=O)C(C)(C)C)c1F.[C-]#[N+]c1cccc([C@@H](C#C[Si](C)(C)C)N[S@@](=O)C(C)(C)C)c1F.[C-]#[N+]c1cccc([C@H](N)C#C)c1F.[Cl-].[Cl-].[Li+].[Mg+2].[Mg+2]. The first-order chi connectivity index (χ1) is 57.8. The van der Waals surface area contributed by atoms with Gasteiger partial charge in [-0.25, -0.2) is 82.5 Å². The maximum atomic E-state index is 14.5. The molecule has 1 fully saturated rings. The maximum Gasteiger partial charge on any atom is 2.00 e. The van der Waals surface area contributed by atoms with E-state index in [9.17, 15) is 53.4 Å². The largest absolute Gasteiger partial charge is 2.00 e. The van der Waals surface area contributed by atoms with Crippen molar-refractivity contribution in [3.63, 3.8) is 0 Å². The average molecular weight is 2120 g/mol. The van der Waals surface area contributed by atoms with E-state index in [1.165, 1.54) is 79.0 Å². The molecular weight excluding hydrogens is 2010 g/mol. The number of benzene rings is 6. The monoisotopic (exact) mass is 2120 g/mol. The molecule has 0 spiro atoms. The molecule has 9 rings (SSSR count). The summed E-state index contributed by atoms with van der Waals surface area (Å²) in [6.45, 7) is 87.5. The Kier molecular flexibility index (Phi) is 72.5. The van der Waals surface area contributed by atoms with Crippen molar-refractivity contribution in [3.8, 4) is 41.7 Å². The summed E-state index contributed by atoms with van der Waals surface area (Å²) in [4.78, 5) is 59.4. The first kappa shape index (κ1) is 143. The van der Waals surface area contributed by atoms with E-state index in [0.717, 1.165) is 12.8 Å². The second-order valence-corrected chi connectivity index (χ2v) is 50.1. The number of halogens is 11. The number of hydrogen-bond acceptors (Lipinski definition) is 8. The molecule has 0 amide bonds. The minimum atomic E-state index is -1.67. The Bertz CT molecular complexity index is 5830. The van der Waals surface area contributed by atoms with Gasteiger partial charge in [-0.15, -0.1) is 30.8 Å². The predicted octanol–water partition coefficient (Wildman–Crippen LogP) is 10.8. The molecular formula is C94H111Br2Cl3F6LiMg2N13O7S3Si2. The van der Waals surface area contributed by atoms with Crippen molar-refractivity contribution in [1.29, 1.82) is 0 Å². The zero-order valence-corrected chi connectivity index (χ0v) is 92.2. The third-order valence-electron chi connectivity index (χ3n) is 15.2. The van der Waals surface area contributed by atoms with Crippen molar-refractivity contribution in [2.75, 3.05) is 0 Å². The molecule has 7 N–H and O–H groups in total. The van der Waals surface area contributed by atoms with E-state index in [2.05, 4.69) is 165 Å². The van der Waals surface area contributed by atoms with E-state index in [4.69, 9.17) is 64.4 Å². The van der Waals surface area contributed by atoms with Gasteiger partial charge in [0.2, 0.25) is 34.1 Å². The van der Waals surface area contributed by atoms with Crippen molar-refractivity contribution < 1.29 is 110 Å². The summed E-state index contributed by atoms with van der Waals surface area (Å²) >= 11 is 2.97. The fraction of sp³-hybridized carbons (Fsp3) is 0.362. The van der Waals surface area contributed by atoms with E-state index in [1.807, 2.05) is 54.9 Å². The number of aldehydes is 1. The average Bonchev–Trinajstić information content (AvgIpc) is 1.59. The molecule has 2 aromatic heterocycles. The molecule has 0 unspecified atom stereocenters. The summed E-state index contributed by atoms with van der Waals surface area (Å²) in [5, 5.41) is 0.522. The van der Waals surface area contributed by atoms with Crippen LogP contribution in [0.5, 0.6) is 0 Å². The summed E-state index contributed by atoms with van der Waals surface area (Å²) in [7, 11) is -7.13. The van der Waals surface area contributed by atoms with E-state index < -0.39 is 116 Å². The molecule has 2 heterocycles. The van der Waals surface area contributed by atoms with Crippen LogP contribution in [0.1, 0.15) is 186 Å². The molecule has 0 saturated heterocycles. The van der Waals surface area contributed by atoms with Gasteiger partial charge in [0.15, 0.2) is 6.29 Å². The third-order valence-corrected chi connectivity index (χ3v) is 21.9. The third kappa shape index (κ3) is 51.8. The Morgan fingerprint density at radius 1 is 0.602 bits per heavy atom. The van der Waals surface area contributed by atoms with E-state index in [1.54, 1.807) is 95.5 Å². The summed E-state index contributed by atoms with van der Waals surface area (Å²) in [6, 6.07) is 25.8. The van der Waals surface area contributed by atoms with Gasteiger partial charge in [-0.05, 0) is 123 Å². The van der Waals surface area contributed by atoms with Crippen LogP contribution in [0.25, 0.3) is 40.0 Å². The van der Waals surface area contributed by atoms with Gasteiger partial charge in [0.1, 0.15) is 71.9 Å². The summed E-state index contributed by atoms with van der Waals surface area (Å²) < 4.78 is 127. The summed E-state index contributed by atoms with van der Waals surface area (Å²) in [5.41, 5.74) is 12.9. The van der Waals surface area contributed by atoms with Crippen LogP contribution in [0, 0.1) is 148 Å². The Labute approximate surface area is 874 Å². The first-order valence-corrected chi connectivity index (χ1v) is 49.4. The van der Waals surface area contributed by atoms with Crippen molar-refractivity contribution >= 4 is 181 Å². The Hall–Kier alpha value is -7.81. The van der Waals surface area contributed by atoms with Crippen LogP contribution in [0.3, 0.4) is 0 Å². The Morgan fingerprint density at radius 3 is 1.26 bits per heavy atom. The Morgan fingerprint density at radius 2 is 0.932 bits per heavy atom. The molecule has 39 heteroatoms. The van der Waals surface area contributed by atoms with Crippen LogP contribution in [-0.4, -0.2) is 122 Å². The van der Waals surface area contributed by atoms with Crippen molar-refractivity contribution in [3.05, 3.63) is 296 Å². The van der Waals surface area contributed by atoms with Gasteiger partial charge in [0.25, 0.3) is 11.1 Å². The Balaban J connectivity index is -0.000000188. The number of rotatable bonds is 11. The number of nitrogens with zero attached hydrogens (tertiary/aromatic N) is 9. The topological polar surface area (TPSA) is 256 Å². The van der Waals surface area contributed by atoms with Gasteiger partial charge in [-0.2, -0.15) is 18.2 Å². The molecule has 20 nitrogen and oxygen atoms in total. The molecule has 8 aromatic rings. The van der Waals surface area contributed by atoms with Crippen LogP contribution >= 0.6 is 28.3 Å². The normalized spacial score (nSPS) is 12.1. The number of fused-ring (bicyclic) bond motifs is 1. The van der Waals surface area contributed by atoms with Gasteiger partial charge in [-0.1, -0.05) is 188 Å². The van der Waals surface area contributed by atoms with Crippen LogP contribution in [-0.2, 0) is 38.5 Å². The summed E-state index contributed by atoms with van der Waals surface area (Å²) in [5.74, 6) is 4.39. The van der Waals surface area contributed by atoms with Crippen molar-refractivity contribution in [2.45, 2.75) is 215 Å². The number of pyridine rings is 1. The fourth-order valence-corrected chi connectivity index (χ4v) is 11.7. The minimum absolute atomic E-state index is 0. The number of aromatic nitrogens is 3. The van der Waals surface area contributed by atoms with E-state index in [0.29, 0.717) is 38.6 Å². The second kappa shape index (κ2) is 67.4. The second-order valence-electron chi connectivity index (χ2n) is 33.8. The molecule has 0 bridgehead atoms. The first-order valence-electron chi connectivity index (χ1n) is 38.2. The van der Waals surface area contributed by atoms with Gasteiger partial charge in [0.05, 0.1) is 101 Å². The number of carbonyl (C=O) groups excluding carboxylic acids is 1. The molecule has 133 heavy (non-hydrogen) atoms. The summed E-state index contributed by atoms with van der Waals surface area (Å²) in [6.07, 6.45) is 22.6. The van der Waals surface area contributed by atoms with Gasteiger partial charge < -0.3 is 80.9 Å². The van der Waals surface area contributed by atoms with Gasteiger partial charge >= 0.3 is 65.0 Å². The molecule has 702 valence electrons. The van der Waals surface area contributed by atoms with E-state index in [-0.39, 0.29) is 203 Å². The molecule has 1 aliphatic carbocycles. The zero-order valence-electron chi connectivity index (χ0n) is 79.4. The molecule has 1 aliphatic rings. The quantitative estimate of drug-likeness (QED) is 0.0241. The van der Waals surface area contributed by atoms with Crippen LogP contribution < -0.4 is 87.0 Å². The number of aryl methyl sites for hydroxylation is 2. The molecule has 6 atom stereocenters. The fourth-order valence-electron chi connectivity index (χ4n) is 8.74. The zero-order chi connectivity index (χ0) is 96.7. The maximum absolute atomic E-state index is 14.5. The molecule has 0 aliphatic heterocycles. The smallest absolute Gasteiger partial charge is 1.00 e. The number of carbonyl (C=O) groups is 1. The number of hydrogen-bond donors (Lipinski definition) is 4.